The average molecular weight is 220 g/mol. The Labute approximate surface area is 93.2 Å². The van der Waals surface area contributed by atoms with E-state index in [4.69, 9.17) is 4.74 Å². The first kappa shape index (κ1) is 10.8. The van der Waals surface area contributed by atoms with E-state index in [0.717, 1.165) is 13.2 Å². The quantitative estimate of drug-likeness (QED) is 0.494. The van der Waals surface area contributed by atoms with Crippen LogP contribution in [-0.2, 0) is 9.47 Å². The van der Waals surface area contributed by atoms with Crippen molar-refractivity contribution in [2.24, 2.45) is 0 Å². The van der Waals surface area contributed by atoms with Gasteiger partial charge in [-0.2, -0.15) is 0 Å². The van der Waals surface area contributed by atoms with Gasteiger partial charge in [-0.25, -0.2) is 9.59 Å². The summed E-state index contributed by atoms with van der Waals surface area (Å²) in [4.78, 5) is 21.7. The molecule has 0 aromatic heterocycles. The van der Waals surface area contributed by atoms with Gasteiger partial charge in [0.2, 0.25) is 0 Å². The normalized spacial score (nSPS) is 17.5. The number of carbonyl (C=O) groups is 2. The lowest BCUT2D eigenvalue weighted by atomic mass is 10.1. The Kier molecular flexibility index (Phi) is 3.31. The summed E-state index contributed by atoms with van der Waals surface area (Å²) in [6.07, 6.45) is 2.56. The molecule has 0 atom stereocenters. The molecule has 2 aliphatic rings. The van der Waals surface area contributed by atoms with E-state index in [2.05, 4.69) is 4.74 Å². The van der Waals surface area contributed by atoms with Crippen molar-refractivity contribution in [3.05, 3.63) is 35.4 Å². The monoisotopic (exact) mass is 220 g/mol. The Balaban J connectivity index is 0.000000162. The molecule has 0 aliphatic carbocycles. The minimum atomic E-state index is -0.550. The highest BCUT2D eigenvalue weighted by Crippen LogP contribution is 2.18. The summed E-state index contributed by atoms with van der Waals surface area (Å²) >= 11 is 0. The maximum Gasteiger partial charge on any atom is 0.346 e. The first-order valence-electron chi connectivity index (χ1n) is 5.22. The van der Waals surface area contributed by atoms with Crippen molar-refractivity contribution in [2.75, 3.05) is 13.2 Å². The van der Waals surface area contributed by atoms with E-state index >= 15 is 0 Å². The number of rotatable bonds is 0. The zero-order valence-electron chi connectivity index (χ0n) is 8.77. The molecule has 4 heteroatoms. The number of ether oxygens (including phenoxy) is 2. The van der Waals surface area contributed by atoms with E-state index in [1.807, 2.05) is 0 Å². The van der Waals surface area contributed by atoms with E-state index in [1.165, 1.54) is 12.8 Å². The summed E-state index contributed by atoms with van der Waals surface area (Å²) in [5.41, 5.74) is 0.718. The summed E-state index contributed by atoms with van der Waals surface area (Å²) < 4.78 is 9.30. The molecule has 84 valence electrons. The molecule has 1 aromatic carbocycles. The Hall–Kier alpha value is -1.68. The molecule has 1 fully saturated rings. The fourth-order valence-corrected chi connectivity index (χ4v) is 1.54. The highest BCUT2D eigenvalue weighted by molar-refractivity contribution is 6.14. The van der Waals surface area contributed by atoms with Gasteiger partial charge in [0, 0.05) is 13.2 Å². The number of hydrogen-bond donors (Lipinski definition) is 0. The molecule has 1 saturated heterocycles. The number of cyclic esters (lactones) is 2. The number of hydrogen-bond acceptors (Lipinski definition) is 4. The Bertz CT molecular complexity index is 367. The van der Waals surface area contributed by atoms with Crippen LogP contribution in [0.5, 0.6) is 0 Å². The van der Waals surface area contributed by atoms with Gasteiger partial charge in [0.25, 0.3) is 0 Å². The maximum absolute atomic E-state index is 10.8. The molecule has 1 aromatic rings. The van der Waals surface area contributed by atoms with Crippen LogP contribution >= 0.6 is 0 Å². The highest BCUT2D eigenvalue weighted by atomic mass is 16.6. The predicted octanol–water partition coefficient (Wildman–Crippen LogP) is 1.79. The third kappa shape index (κ3) is 2.28. The Morgan fingerprint density at radius 3 is 1.75 bits per heavy atom. The van der Waals surface area contributed by atoms with Gasteiger partial charge in [-0.05, 0) is 25.0 Å². The van der Waals surface area contributed by atoms with Crippen LogP contribution < -0.4 is 0 Å². The van der Waals surface area contributed by atoms with Gasteiger partial charge in [0.05, 0.1) is 11.1 Å². The van der Waals surface area contributed by atoms with Gasteiger partial charge in [0.1, 0.15) is 0 Å². The average Bonchev–Trinajstić information content (AvgIpc) is 2.94. The molecule has 0 N–H and O–H groups in total. The van der Waals surface area contributed by atoms with Gasteiger partial charge in [-0.1, -0.05) is 12.1 Å². The molecular formula is C12H12O4. The fraction of sp³-hybridized carbons (Fsp3) is 0.333. The SMILES string of the molecule is C1CCOC1.O=C1OC(=O)c2ccccc21. The van der Waals surface area contributed by atoms with Crippen LogP contribution in [0.2, 0.25) is 0 Å². The second kappa shape index (κ2) is 4.90. The largest absolute Gasteiger partial charge is 0.386 e. The van der Waals surface area contributed by atoms with Crippen molar-refractivity contribution >= 4 is 11.9 Å². The van der Waals surface area contributed by atoms with Crippen molar-refractivity contribution in [3.63, 3.8) is 0 Å². The summed E-state index contributed by atoms with van der Waals surface area (Å²) in [6, 6.07) is 6.53. The standard InChI is InChI=1S/C8H4O3.C4H8O/c9-7-5-3-1-2-4-6(5)8(10)11-7;1-2-4-5-3-1/h1-4H;1-4H2. The molecule has 0 unspecified atom stereocenters. The molecule has 0 spiro atoms. The van der Waals surface area contributed by atoms with Gasteiger partial charge >= 0.3 is 11.9 Å². The van der Waals surface area contributed by atoms with Crippen LogP contribution in [-0.4, -0.2) is 25.2 Å². The number of fused-ring (bicyclic) bond motifs is 1. The van der Waals surface area contributed by atoms with E-state index in [-0.39, 0.29) is 0 Å². The van der Waals surface area contributed by atoms with Crippen LogP contribution in [0, 0.1) is 0 Å². The zero-order chi connectivity index (χ0) is 11.4. The van der Waals surface area contributed by atoms with Crippen molar-refractivity contribution in [1.82, 2.24) is 0 Å². The fourth-order valence-electron chi connectivity index (χ4n) is 1.54. The minimum absolute atomic E-state index is 0.359. The zero-order valence-corrected chi connectivity index (χ0v) is 8.77. The lowest BCUT2D eigenvalue weighted by Gasteiger charge is -1.86. The molecule has 2 aliphatic heterocycles. The molecule has 0 amide bonds. The Morgan fingerprint density at radius 2 is 1.38 bits per heavy atom. The van der Waals surface area contributed by atoms with E-state index in [9.17, 15) is 9.59 Å². The first-order chi connectivity index (χ1) is 7.79. The smallest absolute Gasteiger partial charge is 0.346 e. The molecule has 0 radical (unpaired) electrons. The second-order valence-corrected chi connectivity index (χ2v) is 3.54. The molecule has 16 heavy (non-hydrogen) atoms. The molecule has 4 nitrogen and oxygen atoms in total. The van der Waals surface area contributed by atoms with E-state index < -0.39 is 11.9 Å². The number of esters is 2. The van der Waals surface area contributed by atoms with Gasteiger partial charge in [-0.3, -0.25) is 0 Å². The molecule has 0 saturated carbocycles. The van der Waals surface area contributed by atoms with Crippen LogP contribution in [0.25, 0.3) is 0 Å². The van der Waals surface area contributed by atoms with Crippen LogP contribution in [0.3, 0.4) is 0 Å². The number of carbonyl (C=O) groups excluding carboxylic acids is 2. The predicted molar refractivity (Wildman–Crippen MR) is 56.2 cm³/mol. The van der Waals surface area contributed by atoms with Gasteiger partial charge in [-0.15, -0.1) is 0 Å². The summed E-state index contributed by atoms with van der Waals surface area (Å²) in [7, 11) is 0. The Morgan fingerprint density at radius 1 is 0.875 bits per heavy atom. The van der Waals surface area contributed by atoms with E-state index in [1.54, 1.807) is 24.3 Å². The van der Waals surface area contributed by atoms with Gasteiger partial charge < -0.3 is 9.47 Å². The summed E-state index contributed by atoms with van der Waals surface area (Å²) in [6.45, 7) is 2.00. The first-order valence-corrected chi connectivity index (χ1v) is 5.22. The lowest BCUT2D eigenvalue weighted by Crippen LogP contribution is -1.96. The third-order valence-corrected chi connectivity index (χ3v) is 2.38. The molecule has 2 heterocycles. The van der Waals surface area contributed by atoms with Crippen molar-refractivity contribution in [1.29, 1.82) is 0 Å². The van der Waals surface area contributed by atoms with Crippen LogP contribution in [0.1, 0.15) is 33.6 Å². The molecular weight excluding hydrogens is 208 g/mol. The second-order valence-electron chi connectivity index (χ2n) is 3.54. The van der Waals surface area contributed by atoms with Crippen molar-refractivity contribution in [2.45, 2.75) is 12.8 Å². The molecule has 0 bridgehead atoms. The third-order valence-electron chi connectivity index (χ3n) is 2.38. The van der Waals surface area contributed by atoms with Gasteiger partial charge in [0.15, 0.2) is 0 Å². The summed E-state index contributed by atoms with van der Waals surface area (Å²) in [5.74, 6) is -1.10. The van der Waals surface area contributed by atoms with Crippen LogP contribution in [0.4, 0.5) is 0 Å². The summed E-state index contributed by atoms with van der Waals surface area (Å²) in [5, 5.41) is 0. The highest BCUT2D eigenvalue weighted by Gasteiger charge is 2.28. The van der Waals surface area contributed by atoms with Crippen LogP contribution in [0.15, 0.2) is 24.3 Å². The number of benzene rings is 1. The van der Waals surface area contributed by atoms with Crippen molar-refractivity contribution < 1.29 is 19.1 Å². The lowest BCUT2D eigenvalue weighted by molar-refractivity contribution is 0.0444. The molecule has 3 rings (SSSR count). The topological polar surface area (TPSA) is 52.6 Å². The minimum Gasteiger partial charge on any atom is -0.386 e. The maximum atomic E-state index is 10.8. The van der Waals surface area contributed by atoms with Crippen molar-refractivity contribution in [3.8, 4) is 0 Å². The van der Waals surface area contributed by atoms with E-state index in [0.29, 0.717) is 11.1 Å².